The molecule has 1 heterocycles. The molecule has 4 heteroatoms. The number of halogens is 2. The topological polar surface area (TPSA) is 26.0 Å². The third-order valence-electron chi connectivity index (χ3n) is 2.35. The molecular weight excluding hydrogens is 221 g/mol. The summed E-state index contributed by atoms with van der Waals surface area (Å²) in [7, 11) is 0. The van der Waals surface area contributed by atoms with Gasteiger partial charge in [0.25, 0.3) is 0 Å². The van der Waals surface area contributed by atoms with Crippen LogP contribution in [0.25, 0.3) is 11.1 Å². The summed E-state index contributed by atoms with van der Waals surface area (Å²) in [6.45, 7) is 0. The van der Waals surface area contributed by atoms with Crippen molar-refractivity contribution in [2.24, 2.45) is 0 Å². The zero-order chi connectivity index (χ0) is 9.71. The summed E-state index contributed by atoms with van der Waals surface area (Å²) >= 11 is 11.8. The molecule has 1 aliphatic carbocycles. The minimum atomic E-state index is 0.497. The Morgan fingerprint density at radius 3 is 2.79 bits per heavy atom. The van der Waals surface area contributed by atoms with Crippen LogP contribution in [-0.4, -0.2) is 4.98 Å². The van der Waals surface area contributed by atoms with E-state index in [1.54, 1.807) is 12.1 Å². The minimum absolute atomic E-state index is 0.497. The van der Waals surface area contributed by atoms with E-state index in [1.165, 1.54) is 0 Å². The molecule has 0 atom stereocenters. The molecule has 0 spiro atoms. The van der Waals surface area contributed by atoms with Gasteiger partial charge in [0.15, 0.2) is 11.5 Å². The molecule has 0 bridgehead atoms. The van der Waals surface area contributed by atoms with E-state index >= 15 is 0 Å². The highest BCUT2D eigenvalue weighted by atomic mass is 35.5. The van der Waals surface area contributed by atoms with Gasteiger partial charge in [-0.15, -0.1) is 0 Å². The third-order valence-corrected chi connectivity index (χ3v) is 2.85. The molecule has 1 saturated carbocycles. The fourth-order valence-corrected chi connectivity index (χ4v) is 2.00. The van der Waals surface area contributed by atoms with E-state index in [9.17, 15) is 0 Å². The third kappa shape index (κ3) is 1.30. The number of rotatable bonds is 1. The van der Waals surface area contributed by atoms with Gasteiger partial charge in [0.2, 0.25) is 0 Å². The maximum atomic E-state index is 5.98. The molecule has 14 heavy (non-hydrogen) atoms. The molecule has 0 radical (unpaired) electrons. The average Bonchev–Trinajstić information content (AvgIpc) is 2.87. The highest BCUT2D eigenvalue weighted by Gasteiger charge is 2.29. The van der Waals surface area contributed by atoms with Crippen LogP contribution in [0.2, 0.25) is 10.0 Å². The molecule has 1 aromatic carbocycles. The van der Waals surface area contributed by atoms with Gasteiger partial charge in [0, 0.05) is 10.9 Å². The number of hydrogen-bond acceptors (Lipinski definition) is 2. The van der Waals surface area contributed by atoms with Gasteiger partial charge < -0.3 is 4.42 Å². The van der Waals surface area contributed by atoms with Crippen LogP contribution in [-0.2, 0) is 0 Å². The second kappa shape index (κ2) is 2.88. The van der Waals surface area contributed by atoms with Crippen molar-refractivity contribution in [2.45, 2.75) is 18.8 Å². The molecule has 2 aromatic rings. The van der Waals surface area contributed by atoms with E-state index in [1.807, 2.05) is 0 Å². The maximum Gasteiger partial charge on any atom is 0.198 e. The van der Waals surface area contributed by atoms with E-state index in [0.717, 1.165) is 24.2 Å². The molecule has 0 saturated heterocycles. The molecule has 0 amide bonds. The highest BCUT2D eigenvalue weighted by molar-refractivity contribution is 6.37. The van der Waals surface area contributed by atoms with Crippen LogP contribution in [0.4, 0.5) is 0 Å². The van der Waals surface area contributed by atoms with E-state index in [4.69, 9.17) is 27.6 Å². The Labute approximate surface area is 90.8 Å². The van der Waals surface area contributed by atoms with Crippen LogP contribution in [0.3, 0.4) is 0 Å². The second-order valence-corrected chi connectivity index (χ2v) is 4.41. The van der Waals surface area contributed by atoms with Gasteiger partial charge in [-0.05, 0) is 25.0 Å². The number of nitrogens with zero attached hydrogens (tertiary/aromatic N) is 1. The van der Waals surface area contributed by atoms with Crippen LogP contribution in [0.15, 0.2) is 16.5 Å². The first-order valence-electron chi connectivity index (χ1n) is 4.49. The van der Waals surface area contributed by atoms with Crippen molar-refractivity contribution in [1.29, 1.82) is 0 Å². The van der Waals surface area contributed by atoms with Crippen molar-refractivity contribution in [1.82, 2.24) is 4.98 Å². The number of fused-ring (bicyclic) bond motifs is 1. The zero-order valence-corrected chi connectivity index (χ0v) is 8.77. The highest BCUT2D eigenvalue weighted by Crippen LogP contribution is 2.41. The van der Waals surface area contributed by atoms with Gasteiger partial charge in [0.1, 0.15) is 5.52 Å². The van der Waals surface area contributed by atoms with Crippen molar-refractivity contribution in [2.75, 3.05) is 0 Å². The number of oxazole rings is 1. The van der Waals surface area contributed by atoms with E-state index in [-0.39, 0.29) is 0 Å². The molecule has 3 rings (SSSR count). The lowest BCUT2D eigenvalue weighted by Crippen LogP contribution is -1.75. The first-order chi connectivity index (χ1) is 6.74. The molecule has 0 aliphatic heterocycles. The summed E-state index contributed by atoms with van der Waals surface area (Å²) in [5.41, 5.74) is 1.40. The van der Waals surface area contributed by atoms with Crippen LogP contribution < -0.4 is 0 Å². The molecule has 0 N–H and O–H groups in total. The number of hydrogen-bond donors (Lipinski definition) is 0. The fourth-order valence-electron chi connectivity index (χ4n) is 1.48. The standard InChI is InChI=1S/C10H7Cl2NO/c11-6-3-7(12)9-8(4-6)13-10(14-9)5-1-2-5/h3-5H,1-2H2. The normalized spacial score (nSPS) is 16.4. The van der Waals surface area contributed by atoms with Crippen LogP contribution in [0, 0.1) is 0 Å². The first-order valence-corrected chi connectivity index (χ1v) is 5.25. The molecule has 1 fully saturated rings. The van der Waals surface area contributed by atoms with Gasteiger partial charge in [0.05, 0.1) is 5.02 Å². The fraction of sp³-hybridized carbons (Fsp3) is 0.300. The Morgan fingerprint density at radius 2 is 2.07 bits per heavy atom. The lowest BCUT2D eigenvalue weighted by Gasteiger charge is -1.91. The SMILES string of the molecule is Clc1cc(Cl)c2oc(C3CC3)nc2c1. The van der Waals surface area contributed by atoms with Crippen molar-refractivity contribution in [3.05, 3.63) is 28.1 Å². The van der Waals surface area contributed by atoms with E-state index in [2.05, 4.69) is 4.98 Å². The van der Waals surface area contributed by atoms with Gasteiger partial charge in [-0.25, -0.2) is 4.98 Å². The average molecular weight is 228 g/mol. The number of benzene rings is 1. The van der Waals surface area contributed by atoms with Crippen LogP contribution in [0.1, 0.15) is 24.7 Å². The Kier molecular flexibility index (Phi) is 1.76. The Balaban J connectivity index is 2.26. The van der Waals surface area contributed by atoms with Crippen molar-refractivity contribution in [3.63, 3.8) is 0 Å². The predicted molar refractivity (Wildman–Crippen MR) is 56.0 cm³/mol. The first kappa shape index (κ1) is 8.57. The Hall–Kier alpha value is -0.730. The summed E-state index contributed by atoms with van der Waals surface area (Å²) < 4.78 is 5.58. The quantitative estimate of drug-likeness (QED) is 0.736. The Morgan fingerprint density at radius 1 is 1.29 bits per heavy atom. The Bertz CT molecular complexity index is 502. The van der Waals surface area contributed by atoms with Gasteiger partial charge >= 0.3 is 0 Å². The van der Waals surface area contributed by atoms with Gasteiger partial charge in [-0.1, -0.05) is 23.2 Å². The summed E-state index contributed by atoms with van der Waals surface area (Å²) in [5, 5.41) is 1.13. The molecule has 1 aromatic heterocycles. The van der Waals surface area contributed by atoms with Crippen LogP contribution in [0.5, 0.6) is 0 Å². The maximum absolute atomic E-state index is 5.98. The van der Waals surface area contributed by atoms with Crippen LogP contribution >= 0.6 is 23.2 Å². The monoisotopic (exact) mass is 227 g/mol. The summed E-state index contributed by atoms with van der Waals surface area (Å²) in [6.07, 6.45) is 2.33. The predicted octanol–water partition coefficient (Wildman–Crippen LogP) is 4.01. The van der Waals surface area contributed by atoms with Crippen molar-refractivity contribution < 1.29 is 4.42 Å². The summed E-state index contributed by atoms with van der Waals surface area (Å²) in [6, 6.07) is 3.45. The zero-order valence-electron chi connectivity index (χ0n) is 7.26. The van der Waals surface area contributed by atoms with Crippen molar-refractivity contribution in [3.8, 4) is 0 Å². The van der Waals surface area contributed by atoms with E-state index in [0.29, 0.717) is 21.5 Å². The lowest BCUT2D eigenvalue weighted by atomic mass is 10.3. The second-order valence-electron chi connectivity index (χ2n) is 3.56. The molecule has 0 unspecified atom stereocenters. The van der Waals surface area contributed by atoms with Gasteiger partial charge in [-0.2, -0.15) is 0 Å². The molecular formula is C10H7Cl2NO. The van der Waals surface area contributed by atoms with Crippen molar-refractivity contribution >= 4 is 34.3 Å². The largest absolute Gasteiger partial charge is 0.439 e. The smallest absolute Gasteiger partial charge is 0.198 e. The van der Waals surface area contributed by atoms with E-state index < -0.39 is 0 Å². The lowest BCUT2D eigenvalue weighted by molar-refractivity contribution is 0.533. The number of aromatic nitrogens is 1. The summed E-state index contributed by atoms with van der Waals surface area (Å²) in [5.74, 6) is 1.29. The molecule has 2 nitrogen and oxygen atoms in total. The van der Waals surface area contributed by atoms with Gasteiger partial charge in [-0.3, -0.25) is 0 Å². The minimum Gasteiger partial charge on any atom is -0.439 e. The molecule has 72 valence electrons. The molecule has 1 aliphatic rings. The summed E-state index contributed by atoms with van der Waals surface area (Å²) in [4.78, 5) is 4.36.